The Hall–Kier alpha value is -1.84. The zero-order chi connectivity index (χ0) is 16.0. The number of hydrogen-bond acceptors (Lipinski definition) is 2. The van der Waals surface area contributed by atoms with Gasteiger partial charge in [-0.25, -0.2) is 4.98 Å². The summed E-state index contributed by atoms with van der Waals surface area (Å²) in [5.74, 6) is 2.41. The second-order valence-corrected chi connectivity index (χ2v) is 7.29. The summed E-state index contributed by atoms with van der Waals surface area (Å²) in [4.78, 5) is 17.5. The molecule has 4 rings (SSSR count). The number of carbonyl (C=O) groups excluding carboxylic acids is 1. The monoisotopic (exact) mass is 311 g/mol. The molecule has 0 spiro atoms. The van der Waals surface area contributed by atoms with Gasteiger partial charge in [-0.3, -0.25) is 9.20 Å². The molecule has 0 radical (unpaired) electrons. The van der Waals surface area contributed by atoms with Gasteiger partial charge in [0.1, 0.15) is 11.3 Å². The third kappa shape index (κ3) is 2.44. The van der Waals surface area contributed by atoms with E-state index in [-0.39, 0.29) is 11.9 Å². The molecule has 2 heterocycles. The van der Waals surface area contributed by atoms with Gasteiger partial charge in [0.05, 0.1) is 5.69 Å². The van der Waals surface area contributed by atoms with E-state index in [2.05, 4.69) is 24.1 Å². The van der Waals surface area contributed by atoms with Gasteiger partial charge >= 0.3 is 0 Å². The highest BCUT2D eigenvalue weighted by Gasteiger charge is 2.42. The molecule has 2 bridgehead atoms. The fourth-order valence-electron chi connectivity index (χ4n) is 4.82. The van der Waals surface area contributed by atoms with Crippen molar-refractivity contribution >= 4 is 11.6 Å². The number of rotatable bonds is 4. The molecule has 1 amide bonds. The molecule has 4 heteroatoms. The SMILES string of the molecule is CCc1nc2ccccn2c1C(=O)NC(C)C1CC2CCC1C2. The van der Waals surface area contributed by atoms with Gasteiger partial charge in [0, 0.05) is 12.2 Å². The minimum atomic E-state index is 0.0239. The quantitative estimate of drug-likeness (QED) is 0.940. The van der Waals surface area contributed by atoms with Crippen LogP contribution in [0.3, 0.4) is 0 Å². The van der Waals surface area contributed by atoms with Crippen molar-refractivity contribution in [3.05, 3.63) is 35.8 Å². The Kier molecular flexibility index (Phi) is 3.63. The van der Waals surface area contributed by atoms with Crippen LogP contribution in [0, 0.1) is 17.8 Å². The van der Waals surface area contributed by atoms with Crippen molar-refractivity contribution in [2.75, 3.05) is 0 Å². The number of carbonyl (C=O) groups is 1. The van der Waals surface area contributed by atoms with Crippen molar-refractivity contribution in [2.45, 2.75) is 52.0 Å². The van der Waals surface area contributed by atoms with Crippen LogP contribution in [-0.4, -0.2) is 21.3 Å². The standard InChI is InChI=1S/C19H25N3O/c1-3-16-18(22-9-5-4-6-17(22)21-16)19(23)20-12(2)15-11-13-7-8-14(15)10-13/h4-6,9,12-15H,3,7-8,10-11H2,1-2H3,(H,20,23). The van der Waals surface area contributed by atoms with E-state index in [1.165, 1.54) is 25.7 Å². The number of nitrogens with one attached hydrogen (secondary N) is 1. The first kappa shape index (κ1) is 14.7. The molecule has 0 aromatic carbocycles. The average molecular weight is 311 g/mol. The molecular formula is C19H25N3O. The minimum Gasteiger partial charge on any atom is -0.348 e. The highest BCUT2D eigenvalue weighted by atomic mass is 16.2. The molecule has 2 aliphatic rings. The van der Waals surface area contributed by atoms with E-state index in [0.717, 1.165) is 29.6 Å². The Bertz CT molecular complexity index is 735. The molecule has 2 aromatic rings. The summed E-state index contributed by atoms with van der Waals surface area (Å²) in [5, 5.41) is 3.28. The van der Waals surface area contributed by atoms with Crippen molar-refractivity contribution in [1.29, 1.82) is 0 Å². The summed E-state index contributed by atoms with van der Waals surface area (Å²) in [6.45, 7) is 4.23. The number of amides is 1. The number of aromatic nitrogens is 2. The molecular weight excluding hydrogens is 286 g/mol. The van der Waals surface area contributed by atoms with Gasteiger partial charge in [-0.15, -0.1) is 0 Å². The predicted octanol–water partition coefficient (Wildman–Crippen LogP) is 3.45. The van der Waals surface area contributed by atoms with E-state index < -0.39 is 0 Å². The predicted molar refractivity (Wildman–Crippen MR) is 90.4 cm³/mol. The molecule has 2 aromatic heterocycles. The Morgan fingerprint density at radius 2 is 2.26 bits per heavy atom. The first-order chi connectivity index (χ1) is 11.2. The van der Waals surface area contributed by atoms with Crippen LogP contribution >= 0.6 is 0 Å². The Morgan fingerprint density at radius 3 is 2.96 bits per heavy atom. The second kappa shape index (κ2) is 5.66. The highest BCUT2D eigenvalue weighted by Crippen LogP contribution is 2.49. The molecule has 0 aliphatic heterocycles. The number of fused-ring (bicyclic) bond motifs is 3. The summed E-state index contributed by atoms with van der Waals surface area (Å²) >= 11 is 0. The minimum absolute atomic E-state index is 0.0239. The lowest BCUT2D eigenvalue weighted by molar-refractivity contribution is 0.0908. The molecule has 4 nitrogen and oxygen atoms in total. The van der Waals surface area contributed by atoms with Gasteiger partial charge in [0.15, 0.2) is 0 Å². The van der Waals surface area contributed by atoms with Crippen LogP contribution in [0.1, 0.15) is 55.7 Å². The normalized spacial score (nSPS) is 27.5. The van der Waals surface area contributed by atoms with Gasteiger partial charge in [0.2, 0.25) is 0 Å². The zero-order valence-corrected chi connectivity index (χ0v) is 14.0. The Morgan fingerprint density at radius 1 is 1.39 bits per heavy atom. The Labute approximate surface area is 137 Å². The maximum atomic E-state index is 12.9. The number of nitrogens with zero attached hydrogens (tertiary/aromatic N) is 2. The van der Waals surface area contributed by atoms with Crippen LogP contribution in [0.4, 0.5) is 0 Å². The van der Waals surface area contributed by atoms with E-state index in [9.17, 15) is 4.79 Å². The van der Waals surface area contributed by atoms with Crippen molar-refractivity contribution < 1.29 is 4.79 Å². The second-order valence-electron chi connectivity index (χ2n) is 7.29. The lowest BCUT2D eigenvalue weighted by Gasteiger charge is -2.28. The lowest BCUT2D eigenvalue weighted by Crippen LogP contribution is -2.40. The van der Waals surface area contributed by atoms with Gasteiger partial charge < -0.3 is 5.32 Å². The van der Waals surface area contributed by atoms with Crippen LogP contribution in [0.5, 0.6) is 0 Å². The first-order valence-electron chi connectivity index (χ1n) is 8.94. The summed E-state index contributed by atoms with van der Waals surface area (Å²) in [5.41, 5.74) is 2.44. The van der Waals surface area contributed by atoms with Crippen molar-refractivity contribution in [3.63, 3.8) is 0 Å². The number of imidazole rings is 1. The number of pyridine rings is 1. The summed E-state index contributed by atoms with van der Waals surface area (Å²) in [6.07, 6.45) is 8.12. The molecule has 2 aliphatic carbocycles. The topological polar surface area (TPSA) is 46.4 Å². The maximum Gasteiger partial charge on any atom is 0.270 e. The summed E-state index contributed by atoms with van der Waals surface area (Å²) in [6, 6.07) is 6.11. The smallest absolute Gasteiger partial charge is 0.270 e. The molecule has 4 atom stereocenters. The van der Waals surface area contributed by atoms with Crippen molar-refractivity contribution in [3.8, 4) is 0 Å². The van der Waals surface area contributed by atoms with Crippen LogP contribution < -0.4 is 5.32 Å². The van der Waals surface area contributed by atoms with E-state index in [1.807, 2.05) is 28.8 Å². The van der Waals surface area contributed by atoms with Gasteiger partial charge in [0.25, 0.3) is 5.91 Å². The molecule has 0 saturated heterocycles. The van der Waals surface area contributed by atoms with Gasteiger partial charge in [-0.1, -0.05) is 19.4 Å². The van der Waals surface area contributed by atoms with Crippen molar-refractivity contribution in [1.82, 2.24) is 14.7 Å². The molecule has 2 saturated carbocycles. The molecule has 122 valence electrons. The molecule has 2 fully saturated rings. The van der Waals surface area contributed by atoms with Gasteiger partial charge in [-0.05, 0) is 62.5 Å². The third-order valence-electron chi connectivity index (χ3n) is 5.95. The fourth-order valence-corrected chi connectivity index (χ4v) is 4.82. The summed E-state index contributed by atoms with van der Waals surface area (Å²) < 4.78 is 1.92. The molecule has 1 N–H and O–H groups in total. The van der Waals surface area contributed by atoms with Crippen LogP contribution in [0.25, 0.3) is 5.65 Å². The van der Waals surface area contributed by atoms with Crippen LogP contribution in [-0.2, 0) is 6.42 Å². The van der Waals surface area contributed by atoms with Crippen LogP contribution in [0.15, 0.2) is 24.4 Å². The maximum absolute atomic E-state index is 12.9. The lowest BCUT2D eigenvalue weighted by atomic mass is 9.84. The number of aryl methyl sites for hydroxylation is 1. The number of hydrogen-bond donors (Lipinski definition) is 1. The Balaban J connectivity index is 1.57. The van der Waals surface area contributed by atoms with Crippen LogP contribution in [0.2, 0.25) is 0 Å². The van der Waals surface area contributed by atoms with E-state index in [0.29, 0.717) is 11.6 Å². The average Bonchev–Trinajstić information content (AvgIpc) is 3.27. The zero-order valence-electron chi connectivity index (χ0n) is 14.0. The summed E-state index contributed by atoms with van der Waals surface area (Å²) in [7, 11) is 0. The van der Waals surface area contributed by atoms with E-state index in [1.54, 1.807) is 0 Å². The van der Waals surface area contributed by atoms with E-state index >= 15 is 0 Å². The highest BCUT2D eigenvalue weighted by molar-refractivity contribution is 5.95. The first-order valence-corrected chi connectivity index (χ1v) is 8.94. The molecule has 23 heavy (non-hydrogen) atoms. The van der Waals surface area contributed by atoms with Crippen molar-refractivity contribution in [2.24, 2.45) is 17.8 Å². The third-order valence-corrected chi connectivity index (χ3v) is 5.95. The molecule has 4 unspecified atom stereocenters. The van der Waals surface area contributed by atoms with Gasteiger partial charge in [-0.2, -0.15) is 0 Å². The largest absolute Gasteiger partial charge is 0.348 e. The fraction of sp³-hybridized carbons (Fsp3) is 0.579. The van der Waals surface area contributed by atoms with E-state index in [4.69, 9.17) is 0 Å².